The fourth-order valence-corrected chi connectivity index (χ4v) is 1.55. The Kier molecular flexibility index (Phi) is 4.41. The molecule has 0 bridgehead atoms. The predicted octanol–water partition coefficient (Wildman–Crippen LogP) is 2.83. The molecule has 0 aliphatic carbocycles. The molecule has 0 amide bonds. The van der Waals surface area contributed by atoms with Crippen LogP contribution in [0.15, 0.2) is 30.3 Å². The zero-order chi connectivity index (χ0) is 13.7. The Morgan fingerprint density at radius 1 is 1.21 bits per heavy atom. The molecule has 1 aromatic heterocycles. The molecule has 0 saturated carbocycles. The van der Waals surface area contributed by atoms with Crippen molar-refractivity contribution in [3.05, 3.63) is 47.4 Å². The maximum absolute atomic E-state index is 13.1. The van der Waals surface area contributed by atoms with Gasteiger partial charge >= 0.3 is 0 Å². The van der Waals surface area contributed by atoms with E-state index >= 15 is 0 Å². The van der Waals surface area contributed by atoms with Crippen molar-refractivity contribution in [2.75, 3.05) is 6.54 Å². The highest BCUT2D eigenvalue weighted by Gasteiger charge is 2.03. The number of benzene rings is 1. The third kappa shape index (κ3) is 3.72. The Morgan fingerprint density at radius 3 is 2.68 bits per heavy atom. The van der Waals surface area contributed by atoms with Crippen molar-refractivity contribution in [2.24, 2.45) is 0 Å². The topological polar surface area (TPSA) is 47.0 Å². The van der Waals surface area contributed by atoms with Gasteiger partial charge in [0, 0.05) is 12.6 Å². The lowest BCUT2D eigenvalue weighted by Crippen LogP contribution is -2.13. The van der Waals surface area contributed by atoms with Gasteiger partial charge in [-0.05, 0) is 43.3 Å². The van der Waals surface area contributed by atoms with Crippen molar-refractivity contribution in [3.8, 4) is 11.6 Å². The predicted molar refractivity (Wildman–Crippen MR) is 70.6 cm³/mol. The maximum atomic E-state index is 13.1. The lowest BCUT2D eigenvalue weighted by Gasteiger charge is -2.06. The van der Waals surface area contributed by atoms with E-state index in [1.165, 1.54) is 6.07 Å². The Hall–Kier alpha value is -2.01. The van der Waals surface area contributed by atoms with E-state index in [1.807, 2.05) is 13.0 Å². The van der Waals surface area contributed by atoms with Gasteiger partial charge in [0.25, 0.3) is 0 Å². The second-order valence-corrected chi connectivity index (χ2v) is 4.16. The van der Waals surface area contributed by atoms with Gasteiger partial charge in [-0.2, -0.15) is 5.10 Å². The van der Waals surface area contributed by atoms with Gasteiger partial charge in [-0.3, -0.25) is 0 Å². The number of aryl methyl sites for hydroxylation is 1. The highest BCUT2D eigenvalue weighted by atomic mass is 19.1. The number of ether oxygens (including phenoxy) is 1. The Bertz CT molecular complexity index is 543. The van der Waals surface area contributed by atoms with E-state index < -0.39 is 0 Å². The fourth-order valence-electron chi connectivity index (χ4n) is 1.55. The summed E-state index contributed by atoms with van der Waals surface area (Å²) in [5, 5.41) is 11.2. The summed E-state index contributed by atoms with van der Waals surface area (Å²) in [6, 6.07) is 8.16. The van der Waals surface area contributed by atoms with Crippen molar-refractivity contribution >= 4 is 0 Å². The first-order chi connectivity index (χ1) is 9.19. The average molecular weight is 261 g/mol. The van der Waals surface area contributed by atoms with Gasteiger partial charge in [0.1, 0.15) is 11.6 Å². The highest BCUT2D eigenvalue weighted by molar-refractivity contribution is 5.31. The molecule has 0 aliphatic heterocycles. The van der Waals surface area contributed by atoms with Crippen LogP contribution in [0.3, 0.4) is 0 Å². The molecule has 4 nitrogen and oxygen atoms in total. The van der Waals surface area contributed by atoms with E-state index in [-0.39, 0.29) is 5.82 Å². The summed E-state index contributed by atoms with van der Waals surface area (Å²) in [4.78, 5) is 0. The molecule has 19 heavy (non-hydrogen) atoms. The van der Waals surface area contributed by atoms with Crippen LogP contribution in [0, 0.1) is 12.7 Å². The van der Waals surface area contributed by atoms with Crippen molar-refractivity contribution in [1.82, 2.24) is 15.5 Å². The van der Waals surface area contributed by atoms with Crippen LogP contribution in [-0.4, -0.2) is 16.7 Å². The zero-order valence-corrected chi connectivity index (χ0v) is 11.0. The van der Waals surface area contributed by atoms with Gasteiger partial charge in [-0.25, -0.2) is 4.39 Å². The van der Waals surface area contributed by atoms with E-state index in [0.29, 0.717) is 23.7 Å². The Labute approximate surface area is 111 Å². The highest BCUT2D eigenvalue weighted by Crippen LogP contribution is 2.21. The molecule has 100 valence electrons. The molecule has 0 saturated heterocycles. The molecule has 1 heterocycles. The number of halogens is 1. The van der Waals surface area contributed by atoms with E-state index in [0.717, 1.165) is 12.2 Å². The first-order valence-electron chi connectivity index (χ1n) is 6.16. The van der Waals surface area contributed by atoms with Gasteiger partial charge < -0.3 is 10.1 Å². The summed E-state index contributed by atoms with van der Waals surface area (Å²) in [6.45, 7) is 5.28. The summed E-state index contributed by atoms with van der Waals surface area (Å²) in [6.07, 6.45) is 0. The minimum Gasteiger partial charge on any atom is -0.438 e. The van der Waals surface area contributed by atoms with Gasteiger partial charge in [0.2, 0.25) is 5.88 Å². The number of rotatable bonds is 5. The molecule has 5 heteroatoms. The third-order valence-electron chi connectivity index (χ3n) is 2.60. The van der Waals surface area contributed by atoms with Gasteiger partial charge in [-0.15, -0.1) is 5.10 Å². The lowest BCUT2D eigenvalue weighted by molar-refractivity contribution is 0.451. The maximum Gasteiger partial charge on any atom is 0.238 e. The smallest absolute Gasteiger partial charge is 0.238 e. The van der Waals surface area contributed by atoms with Crippen LogP contribution in [0.4, 0.5) is 4.39 Å². The normalized spacial score (nSPS) is 10.5. The van der Waals surface area contributed by atoms with Crippen LogP contribution >= 0.6 is 0 Å². The van der Waals surface area contributed by atoms with Crippen LogP contribution in [0.1, 0.15) is 18.2 Å². The van der Waals surface area contributed by atoms with E-state index in [4.69, 9.17) is 4.74 Å². The van der Waals surface area contributed by atoms with Crippen LogP contribution in [0.5, 0.6) is 11.6 Å². The lowest BCUT2D eigenvalue weighted by atomic mass is 10.2. The van der Waals surface area contributed by atoms with E-state index in [1.54, 1.807) is 25.1 Å². The van der Waals surface area contributed by atoms with Crippen LogP contribution in [0.25, 0.3) is 0 Å². The SMILES string of the molecule is CCNCc1ccc(Oc2ccc(F)c(C)c2)nn1. The monoisotopic (exact) mass is 261 g/mol. The summed E-state index contributed by atoms with van der Waals surface area (Å²) in [5.74, 6) is 0.693. The summed E-state index contributed by atoms with van der Waals surface area (Å²) < 4.78 is 18.6. The number of hydrogen-bond acceptors (Lipinski definition) is 4. The molecule has 1 N–H and O–H groups in total. The molecule has 0 fully saturated rings. The Balaban J connectivity index is 2.04. The molecule has 2 rings (SSSR count). The van der Waals surface area contributed by atoms with E-state index in [9.17, 15) is 4.39 Å². The minimum absolute atomic E-state index is 0.251. The minimum atomic E-state index is -0.251. The first-order valence-corrected chi connectivity index (χ1v) is 6.16. The Morgan fingerprint density at radius 2 is 2.05 bits per heavy atom. The van der Waals surface area contributed by atoms with Crippen molar-refractivity contribution in [1.29, 1.82) is 0 Å². The number of nitrogens with zero attached hydrogens (tertiary/aromatic N) is 2. The second-order valence-electron chi connectivity index (χ2n) is 4.16. The van der Waals surface area contributed by atoms with Gasteiger partial charge in [0.05, 0.1) is 5.69 Å². The van der Waals surface area contributed by atoms with Gasteiger partial charge in [0.15, 0.2) is 0 Å². The van der Waals surface area contributed by atoms with Gasteiger partial charge in [-0.1, -0.05) is 6.92 Å². The van der Waals surface area contributed by atoms with Crippen LogP contribution in [-0.2, 0) is 6.54 Å². The summed E-state index contributed by atoms with van der Waals surface area (Å²) in [7, 11) is 0. The molecule has 0 radical (unpaired) electrons. The molecule has 0 spiro atoms. The zero-order valence-electron chi connectivity index (χ0n) is 11.0. The summed E-state index contributed by atoms with van der Waals surface area (Å²) >= 11 is 0. The molecule has 0 aliphatic rings. The number of hydrogen-bond donors (Lipinski definition) is 1. The standard InChI is InChI=1S/C14H16FN3O/c1-3-16-9-11-4-7-14(18-17-11)19-12-5-6-13(15)10(2)8-12/h4-8,16H,3,9H2,1-2H3. The number of nitrogens with one attached hydrogen (secondary N) is 1. The average Bonchev–Trinajstić information content (AvgIpc) is 2.42. The fraction of sp³-hybridized carbons (Fsp3) is 0.286. The van der Waals surface area contributed by atoms with Crippen molar-refractivity contribution < 1.29 is 9.13 Å². The summed E-state index contributed by atoms with van der Waals surface area (Å²) in [5.41, 5.74) is 1.39. The van der Waals surface area contributed by atoms with Crippen LogP contribution in [0.2, 0.25) is 0 Å². The largest absolute Gasteiger partial charge is 0.438 e. The molecule has 2 aromatic rings. The molecular weight excluding hydrogens is 245 g/mol. The van der Waals surface area contributed by atoms with E-state index in [2.05, 4.69) is 15.5 Å². The molecule has 1 aromatic carbocycles. The number of aromatic nitrogens is 2. The quantitative estimate of drug-likeness (QED) is 0.899. The molecule has 0 unspecified atom stereocenters. The third-order valence-corrected chi connectivity index (χ3v) is 2.60. The van der Waals surface area contributed by atoms with Crippen molar-refractivity contribution in [2.45, 2.75) is 20.4 Å². The van der Waals surface area contributed by atoms with Crippen LogP contribution < -0.4 is 10.1 Å². The molecular formula is C14H16FN3O. The van der Waals surface area contributed by atoms with Crippen molar-refractivity contribution in [3.63, 3.8) is 0 Å². The first kappa shape index (κ1) is 13.4. The second kappa shape index (κ2) is 6.24. The molecule has 0 atom stereocenters.